The summed E-state index contributed by atoms with van der Waals surface area (Å²) in [5.41, 5.74) is 1.38. The van der Waals surface area contributed by atoms with Crippen molar-refractivity contribution in [3.63, 3.8) is 0 Å². The SMILES string of the molecule is CC(C)=CCSC(C)CCl. The van der Waals surface area contributed by atoms with E-state index in [1.807, 2.05) is 11.8 Å². The van der Waals surface area contributed by atoms with Crippen LogP contribution < -0.4 is 0 Å². The molecule has 0 aromatic carbocycles. The molecule has 0 fully saturated rings. The predicted octanol–water partition coefficient (Wildman–Crippen LogP) is 3.31. The molecular formula is C8H15ClS. The molecule has 0 N–H and O–H groups in total. The van der Waals surface area contributed by atoms with E-state index >= 15 is 0 Å². The van der Waals surface area contributed by atoms with E-state index in [2.05, 4.69) is 26.8 Å². The topological polar surface area (TPSA) is 0 Å². The first-order valence-electron chi connectivity index (χ1n) is 3.47. The molecule has 0 aromatic heterocycles. The summed E-state index contributed by atoms with van der Waals surface area (Å²) in [5, 5.41) is 0.581. The van der Waals surface area contributed by atoms with E-state index in [4.69, 9.17) is 11.6 Å². The molecule has 2 heteroatoms. The minimum atomic E-state index is 0.581. The van der Waals surface area contributed by atoms with E-state index in [1.165, 1.54) is 5.57 Å². The second-order valence-electron chi connectivity index (χ2n) is 2.58. The Morgan fingerprint density at radius 1 is 1.60 bits per heavy atom. The average molecular weight is 179 g/mol. The maximum absolute atomic E-state index is 5.63. The minimum Gasteiger partial charge on any atom is -0.153 e. The largest absolute Gasteiger partial charge is 0.153 e. The molecule has 0 saturated heterocycles. The highest BCUT2D eigenvalue weighted by Gasteiger charge is 1.96. The summed E-state index contributed by atoms with van der Waals surface area (Å²) in [4.78, 5) is 0. The van der Waals surface area contributed by atoms with Gasteiger partial charge in [0, 0.05) is 16.9 Å². The smallest absolute Gasteiger partial charge is 0.0340 e. The summed E-state index contributed by atoms with van der Waals surface area (Å²) in [6.07, 6.45) is 2.23. The normalized spacial score (nSPS) is 12.8. The van der Waals surface area contributed by atoms with E-state index in [9.17, 15) is 0 Å². The molecule has 0 aliphatic heterocycles. The lowest BCUT2D eigenvalue weighted by Crippen LogP contribution is -1.97. The first kappa shape index (κ1) is 10.4. The molecule has 10 heavy (non-hydrogen) atoms. The summed E-state index contributed by atoms with van der Waals surface area (Å²) in [6, 6.07) is 0. The molecule has 0 aliphatic rings. The van der Waals surface area contributed by atoms with Gasteiger partial charge in [0.25, 0.3) is 0 Å². The van der Waals surface area contributed by atoms with Crippen molar-refractivity contribution in [2.24, 2.45) is 0 Å². The third kappa shape index (κ3) is 6.50. The van der Waals surface area contributed by atoms with E-state index in [1.54, 1.807) is 0 Å². The number of hydrogen-bond donors (Lipinski definition) is 0. The number of rotatable bonds is 4. The maximum Gasteiger partial charge on any atom is 0.0340 e. The van der Waals surface area contributed by atoms with Crippen LogP contribution in [0.15, 0.2) is 11.6 Å². The van der Waals surface area contributed by atoms with E-state index in [0.29, 0.717) is 5.25 Å². The predicted molar refractivity (Wildman–Crippen MR) is 52.1 cm³/mol. The minimum absolute atomic E-state index is 0.581. The fraction of sp³-hybridized carbons (Fsp3) is 0.750. The summed E-state index contributed by atoms with van der Waals surface area (Å²) < 4.78 is 0. The average Bonchev–Trinajstić information content (AvgIpc) is 1.87. The maximum atomic E-state index is 5.63. The Morgan fingerprint density at radius 3 is 2.60 bits per heavy atom. The highest BCUT2D eigenvalue weighted by atomic mass is 35.5. The van der Waals surface area contributed by atoms with Gasteiger partial charge >= 0.3 is 0 Å². The van der Waals surface area contributed by atoms with Crippen LogP contribution in [0.3, 0.4) is 0 Å². The van der Waals surface area contributed by atoms with Crippen molar-refractivity contribution in [3.05, 3.63) is 11.6 Å². The molecule has 0 rings (SSSR count). The van der Waals surface area contributed by atoms with E-state index < -0.39 is 0 Å². The van der Waals surface area contributed by atoms with E-state index in [0.717, 1.165) is 11.6 Å². The van der Waals surface area contributed by atoms with Crippen LogP contribution in [-0.2, 0) is 0 Å². The van der Waals surface area contributed by atoms with Gasteiger partial charge in [0.15, 0.2) is 0 Å². The van der Waals surface area contributed by atoms with Gasteiger partial charge in [0.05, 0.1) is 0 Å². The summed E-state index contributed by atoms with van der Waals surface area (Å²) >= 11 is 7.52. The third-order valence-corrected chi connectivity index (χ3v) is 2.83. The fourth-order valence-electron chi connectivity index (χ4n) is 0.424. The molecule has 0 bridgehead atoms. The van der Waals surface area contributed by atoms with Crippen LogP contribution in [0.5, 0.6) is 0 Å². The second-order valence-corrected chi connectivity index (χ2v) is 4.36. The van der Waals surface area contributed by atoms with Crippen molar-refractivity contribution >= 4 is 23.4 Å². The van der Waals surface area contributed by atoms with Crippen molar-refractivity contribution in [3.8, 4) is 0 Å². The van der Waals surface area contributed by atoms with Crippen molar-refractivity contribution in [1.82, 2.24) is 0 Å². The second kappa shape index (κ2) is 6.11. The lowest BCUT2D eigenvalue weighted by atomic mass is 10.3. The summed E-state index contributed by atoms with van der Waals surface area (Å²) in [7, 11) is 0. The molecule has 1 unspecified atom stereocenters. The molecule has 0 aromatic rings. The Balaban J connectivity index is 3.28. The Hall–Kier alpha value is 0.380. The molecule has 1 atom stereocenters. The summed E-state index contributed by atoms with van der Waals surface area (Å²) in [5.74, 6) is 1.84. The molecule has 0 heterocycles. The fourth-order valence-corrected chi connectivity index (χ4v) is 1.54. The monoisotopic (exact) mass is 178 g/mol. The van der Waals surface area contributed by atoms with Gasteiger partial charge in [-0.05, 0) is 13.8 Å². The molecule has 60 valence electrons. The Kier molecular flexibility index (Phi) is 6.35. The van der Waals surface area contributed by atoms with Crippen LogP contribution in [0.1, 0.15) is 20.8 Å². The zero-order chi connectivity index (χ0) is 7.98. The van der Waals surface area contributed by atoms with Crippen molar-refractivity contribution in [2.45, 2.75) is 26.0 Å². The molecule has 0 radical (unpaired) electrons. The van der Waals surface area contributed by atoms with Gasteiger partial charge in [0.2, 0.25) is 0 Å². The number of allylic oxidation sites excluding steroid dienone is 1. The zero-order valence-corrected chi connectivity index (χ0v) is 8.43. The van der Waals surface area contributed by atoms with Crippen LogP contribution in [0, 0.1) is 0 Å². The first-order chi connectivity index (χ1) is 4.66. The zero-order valence-electron chi connectivity index (χ0n) is 6.86. The number of alkyl halides is 1. The van der Waals surface area contributed by atoms with Crippen molar-refractivity contribution in [1.29, 1.82) is 0 Å². The van der Waals surface area contributed by atoms with Gasteiger partial charge in [-0.1, -0.05) is 18.6 Å². The molecule has 0 amide bonds. The third-order valence-electron chi connectivity index (χ3n) is 1.09. The van der Waals surface area contributed by atoms with E-state index in [-0.39, 0.29) is 0 Å². The van der Waals surface area contributed by atoms with Crippen LogP contribution in [-0.4, -0.2) is 16.9 Å². The standard InChI is InChI=1S/C8H15ClS/c1-7(2)4-5-10-8(3)6-9/h4,8H,5-6H2,1-3H3. The Labute approximate surface area is 73.0 Å². The lowest BCUT2D eigenvalue weighted by molar-refractivity contribution is 1.12. The van der Waals surface area contributed by atoms with Crippen LogP contribution >= 0.6 is 23.4 Å². The molecule has 0 aliphatic carbocycles. The highest BCUT2D eigenvalue weighted by molar-refractivity contribution is 8.00. The van der Waals surface area contributed by atoms with Crippen molar-refractivity contribution < 1.29 is 0 Å². The van der Waals surface area contributed by atoms with Gasteiger partial charge in [-0.2, -0.15) is 11.8 Å². The van der Waals surface area contributed by atoms with Crippen LogP contribution in [0.2, 0.25) is 0 Å². The number of hydrogen-bond acceptors (Lipinski definition) is 1. The lowest BCUT2D eigenvalue weighted by Gasteiger charge is -2.03. The molecular weight excluding hydrogens is 164 g/mol. The van der Waals surface area contributed by atoms with Gasteiger partial charge in [-0.15, -0.1) is 11.6 Å². The van der Waals surface area contributed by atoms with Gasteiger partial charge in [-0.3, -0.25) is 0 Å². The molecule has 0 spiro atoms. The van der Waals surface area contributed by atoms with Crippen molar-refractivity contribution in [2.75, 3.05) is 11.6 Å². The first-order valence-corrected chi connectivity index (χ1v) is 5.06. The van der Waals surface area contributed by atoms with Crippen LogP contribution in [0.4, 0.5) is 0 Å². The highest BCUT2D eigenvalue weighted by Crippen LogP contribution is 2.12. The van der Waals surface area contributed by atoms with Gasteiger partial charge < -0.3 is 0 Å². The van der Waals surface area contributed by atoms with Gasteiger partial charge in [-0.25, -0.2) is 0 Å². The molecule has 0 saturated carbocycles. The number of thioether (sulfide) groups is 1. The summed E-state index contributed by atoms with van der Waals surface area (Å²) in [6.45, 7) is 6.38. The number of halogens is 1. The Bertz CT molecular complexity index is 106. The quantitative estimate of drug-likeness (QED) is 0.470. The van der Waals surface area contributed by atoms with Gasteiger partial charge in [0.1, 0.15) is 0 Å². The Morgan fingerprint density at radius 2 is 2.20 bits per heavy atom. The van der Waals surface area contributed by atoms with Crippen LogP contribution in [0.25, 0.3) is 0 Å². The molecule has 0 nitrogen and oxygen atoms in total.